The molecule has 31 heavy (non-hydrogen) atoms. The van der Waals surface area contributed by atoms with Crippen LogP contribution in [0.3, 0.4) is 0 Å². The summed E-state index contributed by atoms with van der Waals surface area (Å²) in [6, 6.07) is 9.55. The van der Waals surface area contributed by atoms with Crippen LogP contribution in [-0.2, 0) is 19.1 Å². The summed E-state index contributed by atoms with van der Waals surface area (Å²) in [5.74, 6) is -1.42. The zero-order chi connectivity index (χ0) is 23.0. The van der Waals surface area contributed by atoms with Crippen molar-refractivity contribution in [1.29, 1.82) is 5.26 Å². The van der Waals surface area contributed by atoms with Gasteiger partial charge in [-0.15, -0.1) is 11.8 Å². The van der Waals surface area contributed by atoms with Gasteiger partial charge in [0.15, 0.2) is 0 Å². The number of hydrogen-bond acceptors (Lipinski definition) is 7. The Balaban J connectivity index is 1.95. The van der Waals surface area contributed by atoms with Crippen LogP contribution in [-0.4, -0.2) is 60.1 Å². The molecule has 2 amide bonds. The molecule has 0 radical (unpaired) electrons. The van der Waals surface area contributed by atoms with Crippen LogP contribution in [0.25, 0.3) is 0 Å². The van der Waals surface area contributed by atoms with E-state index >= 15 is 0 Å². The highest BCUT2D eigenvalue weighted by Gasteiger charge is 2.41. The van der Waals surface area contributed by atoms with E-state index in [9.17, 15) is 19.6 Å². The standard InChI is InChI=1S/C22H30N4O4S/c1-5-26-20(12-16(14-23)22(29)30-6-2)31-19(21(26)28)10-11-24-17-8-7-9-18(13-17)25(4)15(3)27/h7-9,13,16,19-20,24H,5-6,10-12H2,1-4H3. The molecule has 1 aliphatic rings. The molecule has 0 aliphatic carbocycles. The van der Waals surface area contributed by atoms with Crippen molar-refractivity contribution < 1.29 is 19.1 Å². The minimum absolute atomic E-state index is 0.0323. The fraction of sp³-hybridized carbons (Fsp3) is 0.545. The number of nitrogens with zero attached hydrogens (tertiary/aromatic N) is 3. The molecule has 9 heteroatoms. The highest BCUT2D eigenvalue weighted by atomic mass is 32.2. The Morgan fingerprint density at radius 1 is 1.39 bits per heavy atom. The summed E-state index contributed by atoms with van der Waals surface area (Å²) in [4.78, 5) is 39.6. The van der Waals surface area contributed by atoms with Gasteiger partial charge in [-0.2, -0.15) is 5.26 Å². The minimum atomic E-state index is -0.878. The predicted octanol–water partition coefficient (Wildman–Crippen LogP) is 2.85. The maximum Gasteiger partial charge on any atom is 0.323 e. The van der Waals surface area contributed by atoms with Gasteiger partial charge >= 0.3 is 5.97 Å². The number of thioether (sulfide) groups is 1. The second kappa shape index (κ2) is 11.6. The van der Waals surface area contributed by atoms with Crippen LogP contribution in [0.2, 0.25) is 0 Å². The van der Waals surface area contributed by atoms with Crippen molar-refractivity contribution in [2.75, 3.05) is 37.0 Å². The highest BCUT2D eigenvalue weighted by molar-refractivity contribution is 8.01. The summed E-state index contributed by atoms with van der Waals surface area (Å²) in [5.41, 5.74) is 1.67. The van der Waals surface area contributed by atoms with Crippen molar-refractivity contribution in [2.45, 2.75) is 44.2 Å². The smallest absolute Gasteiger partial charge is 0.323 e. The van der Waals surface area contributed by atoms with Crippen LogP contribution in [0.1, 0.15) is 33.6 Å². The predicted molar refractivity (Wildman–Crippen MR) is 122 cm³/mol. The van der Waals surface area contributed by atoms with Gasteiger partial charge in [-0.1, -0.05) is 6.07 Å². The van der Waals surface area contributed by atoms with Crippen molar-refractivity contribution in [1.82, 2.24) is 4.90 Å². The number of nitriles is 1. The Morgan fingerprint density at radius 2 is 2.13 bits per heavy atom. The Kier molecular flexibility index (Phi) is 9.19. The molecule has 0 saturated carbocycles. The first-order valence-corrected chi connectivity index (χ1v) is 11.4. The van der Waals surface area contributed by atoms with Crippen molar-refractivity contribution in [3.05, 3.63) is 24.3 Å². The molecule has 1 aromatic carbocycles. The molecule has 3 unspecified atom stereocenters. The summed E-state index contributed by atoms with van der Waals surface area (Å²) < 4.78 is 4.97. The van der Waals surface area contributed by atoms with E-state index in [0.29, 0.717) is 19.5 Å². The summed E-state index contributed by atoms with van der Waals surface area (Å²) in [5, 5.41) is 12.2. The molecule has 1 aliphatic heterocycles. The average molecular weight is 447 g/mol. The molecular weight excluding hydrogens is 416 g/mol. The van der Waals surface area contributed by atoms with E-state index in [1.54, 1.807) is 23.8 Å². The molecule has 8 nitrogen and oxygen atoms in total. The summed E-state index contributed by atoms with van der Waals surface area (Å²) in [7, 11) is 1.72. The van der Waals surface area contributed by atoms with Crippen molar-refractivity contribution in [2.24, 2.45) is 5.92 Å². The SMILES string of the molecule is CCOC(=O)C(C#N)CC1SC(CCNc2cccc(N(C)C(C)=O)c2)C(=O)N1CC. The van der Waals surface area contributed by atoms with Gasteiger partial charge in [0.05, 0.1) is 23.3 Å². The molecule has 1 aromatic rings. The van der Waals surface area contributed by atoms with Gasteiger partial charge in [0.1, 0.15) is 5.92 Å². The number of anilines is 2. The molecule has 0 bridgehead atoms. The maximum atomic E-state index is 12.8. The van der Waals surface area contributed by atoms with E-state index in [-0.39, 0.29) is 35.5 Å². The highest BCUT2D eigenvalue weighted by Crippen LogP contribution is 2.37. The first-order chi connectivity index (χ1) is 14.8. The van der Waals surface area contributed by atoms with Crippen molar-refractivity contribution in [3.8, 4) is 6.07 Å². The van der Waals surface area contributed by atoms with E-state index in [0.717, 1.165) is 11.4 Å². The number of nitrogens with one attached hydrogen (secondary N) is 1. The molecular formula is C22H30N4O4S. The fourth-order valence-electron chi connectivity index (χ4n) is 3.38. The number of carbonyl (C=O) groups is 3. The summed E-state index contributed by atoms with van der Waals surface area (Å²) in [6.45, 7) is 6.45. The molecule has 3 atom stereocenters. The molecule has 1 heterocycles. The van der Waals surface area contributed by atoms with Gasteiger partial charge < -0.3 is 19.9 Å². The summed E-state index contributed by atoms with van der Waals surface area (Å²) in [6.07, 6.45) is 0.878. The Bertz CT molecular complexity index is 841. The third-order valence-corrected chi connectivity index (χ3v) is 6.70. The van der Waals surface area contributed by atoms with Gasteiger partial charge in [0, 0.05) is 44.9 Å². The third-order valence-electron chi connectivity index (χ3n) is 5.17. The van der Waals surface area contributed by atoms with Crippen LogP contribution in [0.15, 0.2) is 24.3 Å². The van der Waals surface area contributed by atoms with Crippen LogP contribution in [0, 0.1) is 17.2 Å². The lowest BCUT2D eigenvalue weighted by Gasteiger charge is -2.23. The van der Waals surface area contributed by atoms with E-state index in [1.165, 1.54) is 18.7 Å². The van der Waals surface area contributed by atoms with Crippen LogP contribution < -0.4 is 10.2 Å². The first kappa shape index (κ1) is 24.5. The number of rotatable bonds is 10. The molecule has 1 saturated heterocycles. The van der Waals surface area contributed by atoms with Gasteiger partial charge in [-0.05, 0) is 38.5 Å². The number of esters is 1. The lowest BCUT2D eigenvalue weighted by atomic mass is 10.1. The fourth-order valence-corrected chi connectivity index (χ4v) is 4.97. The number of hydrogen-bond donors (Lipinski definition) is 1. The van der Waals surface area contributed by atoms with Gasteiger partial charge in [0.25, 0.3) is 0 Å². The molecule has 0 aromatic heterocycles. The van der Waals surface area contributed by atoms with Gasteiger partial charge in [0.2, 0.25) is 11.8 Å². The zero-order valence-electron chi connectivity index (χ0n) is 18.5. The zero-order valence-corrected chi connectivity index (χ0v) is 19.3. The van der Waals surface area contributed by atoms with Crippen molar-refractivity contribution in [3.63, 3.8) is 0 Å². The second-order valence-corrected chi connectivity index (χ2v) is 8.60. The molecule has 1 fully saturated rings. The van der Waals surface area contributed by atoms with Crippen molar-refractivity contribution >= 4 is 40.9 Å². The molecule has 2 rings (SSSR count). The Labute approximate surface area is 187 Å². The Morgan fingerprint density at radius 3 is 2.74 bits per heavy atom. The van der Waals surface area contributed by atoms with Crippen LogP contribution >= 0.6 is 11.8 Å². The van der Waals surface area contributed by atoms with Crippen LogP contribution in [0.5, 0.6) is 0 Å². The normalized spacial score (nSPS) is 18.9. The number of benzene rings is 1. The number of carbonyl (C=O) groups excluding carboxylic acids is 3. The minimum Gasteiger partial charge on any atom is -0.465 e. The average Bonchev–Trinajstić information content (AvgIpc) is 3.05. The third kappa shape index (κ3) is 6.37. The van der Waals surface area contributed by atoms with E-state index in [2.05, 4.69) is 5.32 Å². The van der Waals surface area contributed by atoms with Crippen LogP contribution in [0.4, 0.5) is 11.4 Å². The van der Waals surface area contributed by atoms with E-state index in [1.807, 2.05) is 37.3 Å². The molecule has 0 spiro atoms. The Hall–Kier alpha value is -2.73. The first-order valence-electron chi connectivity index (χ1n) is 10.4. The lowest BCUT2D eigenvalue weighted by Crippen LogP contribution is -2.36. The lowest BCUT2D eigenvalue weighted by molar-refractivity contribution is -0.146. The largest absolute Gasteiger partial charge is 0.465 e. The van der Waals surface area contributed by atoms with E-state index in [4.69, 9.17) is 4.74 Å². The van der Waals surface area contributed by atoms with Gasteiger partial charge in [-0.3, -0.25) is 14.4 Å². The number of ether oxygens (including phenoxy) is 1. The molecule has 168 valence electrons. The monoisotopic (exact) mass is 446 g/mol. The summed E-state index contributed by atoms with van der Waals surface area (Å²) >= 11 is 1.50. The topological polar surface area (TPSA) is 103 Å². The number of amides is 2. The second-order valence-electron chi connectivity index (χ2n) is 7.22. The maximum absolute atomic E-state index is 12.8. The quantitative estimate of drug-likeness (QED) is 0.551. The molecule has 1 N–H and O–H groups in total. The van der Waals surface area contributed by atoms with Gasteiger partial charge in [-0.25, -0.2) is 0 Å². The van der Waals surface area contributed by atoms with E-state index < -0.39 is 11.9 Å².